The van der Waals surface area contributed by atoms with E-state index in [9.17, 15) is 13.6 Å². The average molecular weight is 515 g/mol. The first-order valence-corrected chi connectivity index (χ1v) is 14.5. The standard InChI is InChI=1S/C32H44F2O3/c1-3-5-7-8-22-9-10-27-19-26(16-15-25(27)18-22)23-11-13-24(14-12-23)32(35)37-28-20-29(33)31(30(34)21-28)36-17-6-4-2/h3-6,20-27H,7-19H2,1-2H3/t22?,23?,24?,25-,26?,27+/m0/s1. The molecule has 0 spiro atoms. The third-order valence-corrected chi connectivity index (χ3v) is 9.26. The van der Waals surface area contributed by atoms with Crippen molar-refractivity contribution in [3.05, 3.63) is 48.1 Å². The van der Waals surface area contributed by atoms with Crippen LogP contribution in [0.3, 0.4) is 0 Å². The van der Waals surface area contributed by atoms with Gasteiger partial charge in [-0.3, -0.25) is 4.79 Å². The van der Waals surface area contributed by atoms with E-state index in [-0.39, 0.29) is 24.2 Å². The lowest BCUT2D eigenvalue weighted by molar-refractivity contribution is -0.140. The minimum Gasteiger partial charge on any atom is -0.483 e. The molecule has 0 saturated heterocycles. The molecule has 37 heavy (non-hydrogen) atoms. The Labute approximate surface area is 221 Å². The van der Waals surface area contributed by atoms with E-state index in [0.717, 1.165) is 61.5 Å². The van der Waals surface area contributed by atoms with Crippen molar-refractivity contribution in [1.82, 2.24) is 0 Å². The Morgan fingerprint density at radius 1 is 0.838 bits per heavy atom. The van der Waals surface area contributed by atoms with Gasteiger partial charge in [-0.05, 0) is 114 Å². The van der Waals surface area contributed by atoms with Crippen LogP contribution in [0.2, 0.25) is 0 Å². The highest BCUT2D eigenvalue weighted by molar-refractivity contribution is 5.75. The van der Waals surface area contributed by atoms with Gasteiger partial charge in [-0.1, -0.05) is 30.7 Å². The molecule has 3 saturated carbocycles. The lowest BCUT2D eigenvalue weighted by Gasteiger charge is -2.45. The second kappa shape index (κ2) is 13.6. The first-order valence-electron chi connectivity index (χ1n) is 14.5. The van der Waals surface area contributed by atoms with Crippen LogP contribution in [0.25, 0.3) is 0 Å². The van der Waals surface area contributed by atoms with E-state index in [1.54, 1.807) is 19.1 Å². The van der Waals surface area contributed by atoms with Gasteiger partial charge in [0.25, 0.3) is 0 Å². The number of hydrogen-bond acceptors (Lipinski definition) is 3. The summed E-state index contributed by atoms with van der Waals surface area (Å²) in [6, 6.07) is 2.07. The Hall–Kier alpha value is -2.17. The van der Waals surface area contributed by atoms with Crippen LogP contribution < -0.4 is 9.47 Å². The number of allylic oxidation sites excluding steroid dienone is 3. The second-order valence-corrected chi connectivity index (χ2v) is 11.5. The Kier molecular flexibility index (Phi) is 10.2. The molecular weight excluding hydrogens is 470 g/mol. The highest BCUT2D eigenvalue weighted by atomic mass is 19.1. The van der Waals surface area contributed by atoms with Crippen LogP contribution in [-0.4, -0.2) is 12.6 Å². The minimum absolute atomic E-state index is 0.0759. The number of carbonyl (C=O) groups is 1. The van der Waals surface area contributed by atoms with E-state index < -0.39 is 17.4 Å². The third kappa shape index (κ3) is 7.45. The van der Waals surface area contributed by atoms with Crippen molar-refractivity contribution >= 4 is 5.97 Å². The second-order valence-electron chi connectivity index (χ2n) is 11.5. The lowest BCUT2D eigenvalue weighted by atomic mass is 9.60. The number of carbonyl (C=O) groups excluding carboxylic acids is 1. The molecule has 3 fully saturated rings. The summed E-state index contributed by atoms with van der Waals surface area (Å²) in [5.41, 5.74) is 0. The van der Waals surface area contributed by atoms with Gasteiger partial charge < -0.3 is 9.47 Å². The number of halogens is 2. The highest BCUT2D eigenvalue weighted by Crippen LogP contribution is 2.49. The predicted molar refractivity (Wildman–Crippen MR) is 143 cm³/mol. The number of fused-ring (bicyclic) bond motifs is 1. The molecule has 1 aromatic rings. The van der Waals surface area contributed by atoms with Crippen LogP contribution in [-0.2, 0) is 4.79 Å². The van der Waals surface area contributed by atoms with Crippen molar-refractivity contribution in [2.24, 2.45) is 35.5 Å². The number of esters is 1. The van der Waals surface area contributed by atoms with Crippen LogP contribution in [0.4, 0.5) is 8.78 Å². The summed E-state index contributed by atoms with van der Waals surface area (Å²) >= 11 is 0. The molecule has 4 rings (SSSR count). The summed E-state index contributed by atoms with van der Waals surface area (Å²) in [5, 5.41) is 0. The molecule has 4 atom stereocenters. The molecule has 0 heterocycles. The number of ether oxygens (including phenoxy) is 2. The number of hydrogen-bond donors (Lipinski definition) is 0. The van der Waals surface area contributed by atoms with Gasteiger partial charge >= 0.3 is 5.97 Å². The van der Waals surface area contributed by atoms with Crippen LogP contribution in [0.15, 0.2) is 36.4 Å². The van der Waals surface area contributed by atoms with Gasteiger partial charge in [0.2, 0.25) is 0 Å². The number of benzene rings is 1. The molecule has 0 aliphatic heterocycles. The first-order chi connectivity index (χ1) is 18.0. The summed E-state index contributed by atoms with van der Waals surface area (Å²) < 4.78 is 39.2. The molecule has 3 aliphatic carbocycles. The topological polar surface area (TPSA) is 35.5 Å². The Morgan fingerprint density at radius 3 is 2.11 bits per heavy atom. The Balaban J connectivity index is 1.22. The molecule has 2 unspecified atom stereocenters. The maximum Gasteiger partial charge on any atom is 0.314 e. The molecule has 0 bridgehead atoms. The van der Waals surface area contributed by atoms with Crippen LogP contribution >= 0.6 is 0 Å². The van der Waals surface area contributed by atoms with Gasteiger partial charge in [-0.15, -0.1) is 0 Å². The van der Waals surface area contributed by atoms with Crippen LogP contribution in [0, 0.1) is 47.1 Å². The van der Waals surface area contributed by atoms with Gasteiger partial charge in [0.15, 0.2) is 17.4 Å². The van der Waals surface area contributed by atoms with Crippen molar-refractivity contribution in [2.75, 3.05) is 6.61 Å². The molecular formula is C32H44F2O3. The SMILES string of the molecule is CC=CCCC1CC[C@@H]2CC(C3CCC(C(=O)Oc4cc(F)c(OCC=CC)c(F)c4)CC3)CC[C@H]2C1. The molecule has 0 radical (unpaired) electrons. The molecule has 3 nitrogen and oxygen atoms in total. The van der Waals surface area contributed by atoms with Crippen molar-refractivity contribution in [3.63, 3.8) is 0 Å². The highest BCUT2D eigenvalue weighted by Gasteiger charge is 2.39. The van der Waals surface area contributed by atoms with Crippen LogP contribution in [0.1, 0.15) is 90.9 Å². The van der Waals surface area contributed by atoms with E-state index in [0.29, 0.717) is 5.92 Å². The summed E-state index contributed by atoms with van der Waals surface area (Å²) in [6.07, 6.45) is 22.5. The molecule has 3 aliphatic rings. The number of rotatable bonds is 9. The van der Waals surface area contributed by atoms with E-state index in [4.69, 9.17) is 9.47 Å². The largest absolute Gasteiger partial charge is 0.483 e. The zero-order valence-electron chi connectivity index (χ0n) is 22.6. The van der Waals surface area contributed by atoms with Crippen molar-refractivity contribution in [2.45, 2.75) is 90.9 Å². The van der Waals surface area contributed by atoms with Crippen molar-refractivity contribution < 1.29 is 23.0 Å². The van der Waals surface area contributed by atoms with E-state index in [2.05, 4.69) is 19.1 Å². The molecule has 5 heteroatoms. The summed E-state index contributed by atoms with van der Waals surface area (Å²) in [4.78, 5) is 12.8. The predicted octanol–water partition coefficient (Wildman–Crippen LogP) is 8.82. The third-order valence-electron chi connectivity index (χ3n) is 9.26. The first kappa shape index (κ1) is 27.9. The fourth-order valence-corrected chi connectivity index (χ4v) is 7.20. The van der Waals surface area contributed by atoms with Gasteiger partial charge in [-0.25, -0.2) is 8.78 Å². The average Bonchev–Trinajstić information content (AvgIpc) is 2.90. The lowest BCUT2D eigenvalue weighted by Crippen LogP contribution is -2.35. The van der Waals surface area contributed by atoms with E-state index >= 15 is 0 Å². The normalized spacial score (nSPS) is 30.4. The van der Waals surface area contributed by atoms with Crippen molar-refractivity contribution in [3.8, 4) is 11.5 Å². The van der Waals surface area contributed by atoms with Gasteiger partial charge in [0.05, 0.1) is 5.92 Å². The molecule has 204 valence electrons. The quantitative estimate of drug-likeness (QED) is 0.188. The minimum atomic E-state index is -0.863. The summed E-state index contributed by atoms with van der Waals surface area (Å²) in [6.45, 7) is 3.99. The molecule has 1 aromatic carbocycles. The maximum atomic E-state index is 14.3. The Morgan fingerprint density at radius 2 is 1.43 bits per heavy atom. The fourth-order valence-electron chi connectivity index (χ4n) is 7.20. The molecule has 0 N–H and O–H groups in total. The van der Waals surface area contributed by atoms with E-state index in [1.807, 2.05) is 0 Å². The van der Waals surface area contributed by atoms with Crippen LogP contribution in [0.5, 0.6) is 11.5 Å². The fraction of sp³-hybridized carbons (Fsp3) is 0.656. The molecule has 0 aromatic heterocycles. The van der Waals surface area contributed by atoms with Gasteiger partial charge in [-0.2, -0.15) is 0 Å². The smallest absolute Gasteiger partial charge is 0.314 e. The van der Waals surface area contributed by atoms with E-state index in [1.165, 1.54) is 51.4 Å². The molecule has 0 amide bonds. The maximum absolute atomic E-state index is 14.3. The summed E-state index contributed by atoms with van der Waals surface area (Å²) in [7, 11) is 0. The Bertz CT molecular complexity index is 924. The summed E-state index contributed by atoms with van der Waals surface area (Å²) in [5.74, 6) is 1.38. The zero-order chi connectivity index (χ0) is 26.2. The monoisotopic (exact) mass is 514 g/mol. The van der Waals surface area contributed by atoms with Crippen molar-refractivity contribution in [1.29, 1.82) is 0 Å². The zero-order valence-corrected chi connectivity index (χ0v) is 22.6. The van der Waals surface area contributed by atoms with Gasteiger partial charge in [0.1, 0.15) is 12.4 Å². The van der Waals surface area contributed by atoms with Gasteiger partial charge in [0, 0.05) is 12.1 Å².